The van der Waals surface area contributed by atoms with Crippen LogP contribution in [0.5, 0.6) is 0 Å². The minimum atomic E-state index is -0.578. The maximum atomic E-state index is 11.8. The van der Waals surface area contributed by atoms with Gasteiger partial charge in [0.1, 0.15) is 5.82 Å². The molecular formula is C13H13N3O3. The molecule has 1 aromatic heterocycles. The molecule has 2 aromatic rings. The van der Waals surface area contributed by atoms with Gasteiger partial charge in [0.25, 0.3) is 0 Å². The number of benzene rings is 1. The molecule has 0 spiro atoms. The van der Waals surface area contributed by atoms with Crippen molar-refractivity contribution >= 4 is 18.1 Å². The molecular weight excluding hydrogens is 246 g/mol. The summed E-state index contributed by atoms with van der Waals surface area (Å²) in [5, 5.41) is 6.38. The number of nitrogens with zero attached hydrogens (tertiary/aromatic N) is 1. The number of esters is 1. The highest BCUT2D eigenvalue weighted by atomic mass is 16.5. The third-order valence-corrected chi connectivity index (χ3v) is 2.62. The number of aromatic amines is 1. The SMILES string of the molecule is CCOC(=O)c1n[nH]c(N)c1-c1ccccc1C=O. The zero-order valence-electron chi connectivity index (χ0n) is 10.3. The third kappa shape index (κ3) is 2.33. The Hall–Kier alpha value is -2.63. The number of hydrogen-bond acceptors (Lipinski definition) is 5. The zero-order valence-corrected chi connectivity index (χ0v) is 10.3. The van der Waals surface area contributed by atoms with Crippen LogP contribution in [0.15, 0.2) is 24.3 Å². The summed E-state index contributed by atoms with van der Waals surface area (Å²) < 4.78 is 4.91. The lowest BCUT2D eigenvalue weighted by atomic mass is 10.00. The molecule has 6 heteroatoms. The highest BCUT2D eigenvalue weighted by Gasteiger charge is 2.22. The number of anilines is 1. The number of nitrogens with two attached hydrogens (primary N) is 1. The first-order valence-electron chi connectivity index (χ1n) is 5.74. The molecule has 3 N–H and O–H groups in total. The van der Waals surface area contributed by atoms with E-state index in [0.29, 0.717) is 23.0 Å². The van der Waals surface area contributed by atoms with E-state index in [9.17, 15) is 9.59 Å². The number of nitrogen functional groups attached to an aromatic ring is 1. The quantitative estimate of drug-likeness (QED) is 0.642. The topological polar surface area (TPSA) is 98.1 Å². The number of carbonyl (C=O) groups excluding carboxylic acids is 2. The number of ether oxygens (including phenoxy) is 1. The summed E-state index contributed by atoms with van der Waals surface area (Å²) in [6, 6.07) is 6.83. The van der Waals surface area contributed by atoms with E-state index in [0.717, 1.165) is 0 Å². The molecule has 0 aliphatic carbocycles. The van der Waals surface area contributed by atoms with Gasteiger partial charge in [-0.1, -0.05) is 24.3 Å². The summed E-state index contributed by atoms with van der Waals surface area (Å²) in [5.74, 6) is -0.358. The maximum absolute atomic E-state index is 11.8. The molecule has 0 unspecified atom stereocenters. The Labute approximate surface area is 109 Å². The zero-order chi connectivity index (χ0) is 13.8. The lowest BCUT2D eigenvalue weighted by Gasteiger charge is -2.06. The van der Waals surface area contributed by atoms with E-state index in [1.807, 2.05) is 0 Å². The lowest BCUT2D eigenvalue weighted by Crippen LogP contribution is -2.07. The molecule has 0 atom stereocenters. The van der Waals surface area contributed by atoms with Crippen molar-refractivity contribution in [3.63, 3.8) is 0 Å². The molecule has 98 valence electrons. The highest BCUT2D eigenvalue weighted by molar-refractivity contribution is 6.01. The molecule has 2 rings (SSSR count). The van der Waals surface area contributed by atoms with E-state index in [1.165, 1.54) is 0 Å². The normalized spacial score (nSPS) is 10.2. The number of nitrogens with one attached hydrogen (secondary N) is 1. The summed E-state index contributed by atoms with van der Waals surface area (Å²) in [5.41, 5.74) is 7.24. The second-order valence-corrected chi connectivity index (χ2v) is 3.79. The van der Waals surface area contributed by atoms with Crippen molar-refractivity contribution in [3.05, 3.63) is 35.5 Å². The molecule has 1 aromatic carbocycles. The van der Waals surface area contributed by atoms with Crippen molar-refractivity contribution in [1.82, 2.24) is 10.2 Å². The van der Waals surface area contributed by atoms with Gasteiger partial charge in [-0.2, -0.15) is 5.10 Å². The molecule has 0 radical (unpaired) electrons. The van der Waals surface area contributed by atoms with Gasteiger partial charge in [0.15, 0.2) is 12.0 Å². The molecule has 0 aliphatic heterocycles. The van der Waals surface area contributed by atoms with Crippen LogP contribution in [0.25, 0.3) is 11.1 Å². The van der Waals surface area contributed by atoms with Gasteiger partial charge >= 0.3 is 5.97 Å². The molecule has 0 bridgehead atoms. The summed E-state index contributed by atoms with van der Waals surface area (Å²) in [7, 11) is 0. The monoisotopic (exact) mass is 259 g/mol. The number of aromatic nitrogens is 2. The Morgan fingerprint density at radius 3 is 2.89 bits per heavy atom. The predicted molar refractivity (Wildman–Crippen MR) is 69.8 cm³/mol. The summed E-state index contributed by atoms with van der Waals surface area (Å²) in [6.07, 6.45) is 0.705. The van der Waals surface area contributed by atoms with Crippen LogP contribution in [0.2, 0.25) is 0 Å². The largest absolute Gasteiger partial charge is 0.461 e. The number of aldehydes is 1. The first kappa shape index (κ1) is 12.8. The maximum Gasteiger partial charge on any atom is 0.359 e. The standard InChI is InChI=1S/C13H13N3O3/c1-2-19-13(18)11-10(12(14)16-15-11)9-6-4-3-5-8(9)7-17/h3-7H,2H2,1H3,(H3,14,15,16). The van der Waals surface area contributed by atoms with E-state index in [-0.39, 0.29) is 18.1 Å². The number of carbonyl (C=O) groups is 2. The minimum Gasteiger partial charge on any atom is -0.461 e. The van der Waals surface area contributed by atoms with Gasteiger partial charge in [-0.05, 0) is 12.5 Å². The van der Waals surface area contributed by atoms with Gasteiger partial charge in [-0.25, -0.2) is 4.79 Å². The van der Waals surface area contributed by atoms with Crippen LogP contribution in [0.4, 0.5) is 5.82 Å². The Bertz CT molecular complexity index is 619. The second kappa shape index (κ2) is 5.34. The van der Waals surface area contributed by atoms with Crippen LogP contribution in [0, 0.1) is 0 Å². The van der Waals surface area contributed by atoms with Crippen LogP contribution >= 0.6 is 0 Å². The molecule has 0 fully saturated rings. The molecule has 0 saturated heterocycles. The van der Waals surface area contributed by atoms with E-state index in [2.05, 4.69) is 10.2 Å². The van der Waals surface area contributed by atoms with Crippen molar-refractivity contribution in [3.8, 4) is 11.1 Å². The van der Waals surface area contributed by atoms with Crippen molar-refractivity contribution in [2.24, 2.45) is 0 Å². The Morgan fingerprint density at radius 1 is 1.47 bits per heavy atom. The van der Waals surface area contributed by atoms with Crippen LogP contribution < -0.4 is 5.73 Å². The van der Waals surface area contributed by atoms with Gasteiger partial charge in [0.05, 0.1) is 12.2 Å². The Balaban J connectivity index is 2.58. The van der Waals surface area contributed by atoms with Gasteiger partial charge in [0, 0.05) is 5.56 Å². The molecule has 0 amide bonds. The second-order valence-electron chi connectivity index (χ2n) is 3.79. The molecule has 6 nitrogen and oxygen atoms in total. The fraction of sp³-hybridized carbons (Fsp3) is 0.154. The van der Waals surface area contributed by atoms with E-state index >= 15 is 0 Å². The number of rotatable bonds is 4. The van der Waals surface area contributed by atoms with E-state index < -0.39 is 5.97 Å². The van der Waals surface area contributed by atoms with Crippen LogP contribution in [0.3, 0.4) is 0 Å². The van der Waals surface area contributed by atoms with Gasteiger partial charge < -0.3 is 10.5 Å². The Kier molecular flexibility index (Phi) is 3.61. The Morgan fingerprint density at radius 2 is 2.21 bits per heavy atom. The first-order valence-corrected chi connectivity index (χ1v) is 5.74. The lowest BCUT2D eigenvalue weighted by molar-refractivity contribution is 0.0520. The van der Waals surface area contributed by atoms with Crippen molar-refractivity contribution in [1.29, 1.82) is 0 Å². The van der Waals surface area contributed by atoms with Gasteiger partial charge in [-0.3, -0.25) is 9.89 Å². The van der Waals surface area contributed by atoms with E-state index in [4.69, 9.17) is 10.5 Å². The first-order chi connectivity index (χ1) is 9.19. The van der Waals surface area contributed by atoms with Crippen molar-refractivity contribution < 1.29 is 14.3 Å². The summed E-state index contributed by atoms with van der Waals surface area (Å²) in [4.78, 5) is 22.9. The van der Waals surface area contributed by atoms with Gasteiger partial charge in [0.2, 0.25) is 0 Å². The highest BCUT2D eigenvalue weighted by Crippen LogP contribution is 2.30. The average Bonchev–Trinajstić information content (AvgIpc) is 2.81. The van der Waals surface area contributed by atoms with E-state index in [1.54, 1.807) is 31.2 Å². The van der Waals surface area contributed by atoms with Crippen molar-refractivity contribution in [2.45, 2.75) is 6.92 Å². The fourth-order valence-corrected chi connectivity index (χ4v) is 1.80. The third-order valence-electron chi connectivity index (χ3n) is 2.62. The summed E-state index contributed by atoms with van der Waals surface area (Å²) >= 11 is 0. The average molecular weight is 259 g/mol. The number of H-pyrrole nitrogens is 1. The van der Waals surface area contributed by atoms with Crippen molar-refractivity contribution in [2.75, 3.05) is 12.3 Å². The van der Waals surface area contributed by atoms with Crippen LogP contribution in [-0.2, 0) is 4.74 Å². The van der Waals surface area contributed by atoms with Crippen LogP contribution in [0.1, 0.15) is 27.8 Å². The van der Waals surface area contributed by atoms with Crippen LogP contribution in [-0.4, -0.2) is 29.1 Å². The molecule has 1 heterocycles. The number of hydrogen-bond donors (Lipinski definition) is 2. The molecule has 0 saturated carbocycles. The minimum absolute atomic E-state index is 0.0775. The predicted octanol–water partition coefficient (Wildman–Crippen LogP) is 1.65. The molecule has 19 heavy (non-hydrogen) atoms. The smallest absolute Gasteiger partial charge is 0.359 e. The molecule has 0 aliphatic rings. The van der Waals surface area contributed by atoms with Gasteiger partial charge in [-0.15, -0.1) is 0 Å². The fourth-order valence-electron chi connectivity index (χ4n) is 1.80. The summed E-state index contributed by atoms with van der Waals surface area (Å²) in [6.45, 7) is 1.94.